The lowest BCUT2D eigenvalue weighted by atomic mass is 10.1. The lowest BCUT2D eigenvalue weighted by Gasteiger charge is -2.25. The molecule has 220 valence electrons. The molecule has 0 bridgehead atoms. The second-order valence-corrected chi connectivity index (χ2v) is 13.2. The number of nitrogens with zero attached hydrogens (tertiary/aromatic N) is 2. The molecule has 0 radical (unpaired) electrons. The summed E-state index contributed by atoms with van der Waals surface area (Å²) in [7, 11) is 0. The van der Waals surface area contributed by atoms with E-state index in [2.05, 4.69) is 192 Å². The van der Waals surface area contributed by atoms with Crippen LogP contribution in [0, 0.1) is 0 Å². The summed E-state index contributed by atoms with van der Waals surface area (Å²) >= 11 is 3.73. The van der Waals surface area contributed by atoms with Gasteiger partial charge in [-0.25, -0.2) is 0 Å². The van der Waals surface area contributed by atoms with Crippen molar-refractivity contribution < 1.29 is 0 Å². The van der Waals surface area contributed by atoms with Crippen LogP contribution in [0.25, 0.3) is 30.3 Å². The van der Waals surface area contributed by atoms with Crippen molar-refractivity contribution in [2.75, 3.05) is 9.80 Å². The molecule has 0 spiro atoms. The first-order chi connectivity index (χ1) is 22.8. The zero-order chi connectivity index (χ0) is 30.7. The van der Waals surface area contributed by atoms with Gasteiger partial charge in [0.1, 0.15) is 0 Å². The maximum atomic E-state index is 2.34. The third-order valence-corrected chi connectivity index (χ3v) is 10.5. The number of thiophene rings is 2. The van der Waals surface area contributed by atoms with E-state index >= 15 is 0 Å². The van der Waals surface area contributed by atoms with Gasteiger partial charge < -0.3 is 9.80 Å². The average Bonchev–Trinajstić information content (AvgIpc) is 3.72. The van der Waals surface area contributed by atoms with E-state index in [0.29, 0.717) is 0 Å². The highest BCUT2D eigenvalue weighted by atomic mass is 32.1. The maximum absolute atomic E-state index is 2.34. The van der Waals surface area contributed by atoms with Crippen LogP contribution >= 0.6 is 22.7 Å². The fraction of sp³-hybridized carbons (Fsp3) is 0. The molecule has 0 fully saturated rings. The summed E-state index contributed by atoms with van der Waals surface area (Å²) in [6.45, 7) is 0. The molecule has 2 heterocycles. The van der Waals surface area contributed by atoms with E-state index in [9.17, 15) is 0 Å². The molecular formula is C42H30N2S2. The van der Waals surface area contributed by atoms with Gasteiger partial charge in [-0.3, -0.25) is 0 Å². The first-order valence-electron chi connectivity index (χ1n) is 15.3. The number of hydrogen-bond acceptors (Lipinski definition) is 4. The molecule has 0 aliphatic carbocycles. The van der Waals surface area contributed by atoms with Crippen LogP contribution in [0.3, 0.4) is 0 Å². The summed E-state index contributed by atoms with van der Waals surface area (Å²) in [5.41, 5.74) is 9.35. The molecule has 0 amide bonds. The minimum atomic E-state index is 1.14. The van der Waals surface area contributed by atoms with Gasteiger partial charge in [-0.2, -0.15) is 0 Å². The molecule has 46 heavy (non-hydrogen) atoms. The Bertz CT molecular complexity index is 1900. The normalized spacial score (nSPS) is 11.0. The van der Waals surface area contributed by atoms with Crippen LogP contribution < -0.4 is 9.80 Å². The number of para-hydroxylation sites is 4. The Morgan fingerprint density at radius 3 is 0.826 bits per heavy atom. The molecular weight excluding hydrogens is 597 g/mol. The van der Waals surface area contributed by atoms with Crippen LogP contribution in [0.2, 0.25) is 0 Å². The Morgan fingerprint density at radius 1 is 0.283 bits per heavy atom. The highest BCUT2D eigenvalue weighted by Gasteiger charge is 2.15. The number of hydrogen-bond donors (Lipinski definition) is 0. The lowest BCUT2D eigenvalue weighted by Crippen LogP contribution is -2.09. The molecule has 4 heteroatoms. The molecule has 0 aliphatic rings. The Kier molecular flexibility index (Phi) is 7.65. The van der Waals surface area contributed by atoms with Crippen LogP contribution in [-0.2, 0) is 0 Å². The van der Waals surface area contributed by atoms with Crippen molar-refractivity contribution in [2.24, 2.45) is 0 Å². The molecule has 8 aromatic rings. The minimum Gasteiger partial charge on any atom is -0.311 e. The van der Waals surface area contributed by atoms with E-state index in [-0.39, 0.29) is 0 Å². The monoisotopic (exact) mass is 626 g/mol. The van der Waals surface area contributed by atoms with Gasteiger partial charge in [0.25, 0.3) is 0 Å². The fourth-order valence-corrected chi connectivity index (χ4v) is 8.28. The maximum Gasteiger partial charge on any atom is 0.0463 e. The third kappa shape index (κ3) is 5.61. The quantitative estimate of drug-likeness (QED) is 0.166. The average molecular weight is 627 g/mol. The van der Waals surface area contributed by atoms with Crippen LogP contribution in [-0.4, -0.2) is 0 Å². The predicted molar refractivity (Wildman–Crippen MR) is 200 cm³/mol. The van der Waals surface area contributed by atoms with Crippen molar-refractivity contribution in [1.29, 1.82) is 0 Å². The number of fused-ring (bicyclic) bond motifs is 1. The SMILES string of the molecule is c1ccc(N(c2ccccc2)c2ccc(-c3cc4sc(-c5ccc(N(c6ccccc6)c6ccccc6)cc5)cc4s3)cc2)cc1. The van der Waals surface area contributed by atoms with Crippen LogP contribution in [0.5, 0.6) is 0 Å². The fourth-order valence-electron chi connectivity index (χ4n) is 5.87. The van der Waals surface area contributed by atoms with E-state index in [4.69, 9.17) is 0 Å². The second-order valence-electron chi connectivity index (χ2n) is 11.1. The Morgan fingerprint density at radius 2 is 0.543 bits per heavy atom. The smallest absolute Gasteiger partial charge is 0.0463 e. The van der Waals surface area contributed by atoms with E-state index in [1.165, 1.54) is 30.3 Å². The van der Waals surface area contributed by atoms with E-state index in [1.807, 2.05) is 22.7 Å². The molecule has 0 atom stereocenters. The standard InChI is InChI=1S/C42H30N2S2/c1-5-13-33(14-6-1)43(34-15-7-2-8-16-34)37-25-21-31(22-26-37)39-29-41-42(45-39)30-40(46-41)32-23-27-38(28-24-32)44(35-17-9-3-10-18-35)36-19-11-4-12-20-36/h1-30H. The highest BCUT2D eigenvalue weighted by molar-refractivity contribution is 7.31. The van der Waals surface area contributed by atoms with Crippen LogP contribution in [0.4, 0.5) is 34.1 Å². The number of benzene rings is 6. The summed E-state index contributed by atoms with van der Waals surface area (Å²) in [6.07, 6.45) is 0. The minimum absolute atomic E-state index is 1.14. The number of rotatable bonds is 8. The van der Waals surface area contributed by atoms with Crippen LogP contribution in [0.1, 0.15) is 0 Å². The van der Waals surface area contributed by atoms with E-state index in [0.717, 1.165) is 34.1 Å². The van der Waals surface area contributed by atoms with Gasteiger partial charge in [0.2, 0.25) is 0 Å². The topological polar surface area (TPSA) is 6.48 Å². The summed E-state index contributed by atoms with van der Waals surface area (Å²) in [4.78, 5) is 7.18. The van der Waals surface area contributed by atoms with Gasteiger partial charge in [0, 0.05) is 53.3 Å². The van der Waals surface area contributed by atoms with E-state index < -0.39 is 0 Å². The first-order valence-corrected chi connectivity index (χ1v) is 17.0. The van der Waals surface area contributed by atoms with E-state index in [1.54, 1.807) is 0 Å². The number of anilines is 6. The molecule has 6 aromatic carbocycles. The van der Waals surface area contributed by atoms with Gasteiger partial charge in [0.05, 0.1) is 0 Å². The Balaban J connectivity index is 1.05. The molecule has 2 aromatic heterocycles. The van der Waals surface area contributed by atoms with Gasteiger partial charge in [-0.05, 0) is 96.1 Å². The van der Waals surface area contributed by atoms with Gasteiger partial charge in [-0.1, -0.05) is 97.1 Å². The zero-order valence-corrected chi connectivity index (χ0v) is 26.7. The lowest BCUT2D eigenvalue weighted by molar-refractivity contribution is 1.28. The molecule has 2 nitrogen and oxygen atoms in total. The molecule has 0 N–H and O–H groups in total. The summed E-state index contributed by atoms with van der Waals surface area (Å²) in [5, 5.41) is 0. The van der Waals surface area contributed by atoms with Gasteiger partial charge >= 0.3 is 0 Å². The Labute approximate surface area is 277 Å². The summed E-state index contributed by atoms with van der Waals surface area (Å²) in [5.74, 6) is 0. The zero-order valence-electron chi connectivity index (χ0n) is 25.0. The molecule has 0 unspecified atom stereocenters. The highest BCUT2D eigenvalue weighted by Crippen LogP contribution is 2.43. The van der Waals surface area contributed by atoms with Crippen molar-refractivity contribution in [3.63, 3.8) is 0 Å². The summed E-state index contributed by atoms with van der Waals surface area (Å²) in [6, 6.07) is 64.8. The van der Waals surface area contributed by atoms with Crippen LogP contribution in [0.15, 0.2) is 182 Å². The van der Waals surface area contributed by atoms with Gasteiger partial charge in [-0.15, -0.1) is 22.7 Å². The summed E-state index contributed by atoms with van der Waals surface area (Å²) < 4.78 is 2.65. The largest absolute Gasteiger partial charge is 0.311 e. The van der Waals surface area contributed by atoms with Crippen molar-refractivity contribution in [3.05, 3.63) is 182 Å². The van der Waals surface area contributed by atoms with Crippen molar-refractivity contribution in [3.8, 4) is 20.9 Å². The first kappa shape index (κ1) is 28.1. The van der Waals surface area contributed by atoms with Crippen molar-refractivity contribution >= 4 is 66.2 Å². The molecule has 0 saturated carbocycles. The van der Waals surface area contributed by atoms with Gasteiger partial charge in [0.15, 0.2) is 0 Å². The third-order valence-electron chi connectivity index (χ3n) is 8.08. The second kappa shape index (κ2) is 12.5. The van der Waals surface area contributed by atoms with Crippen molar-refractivity contribution in [1.82, 2.24) is 0 Å². The molecule has 0 saturated heterocycles. The molecule has 8 rings (SSSR count). The Hall–Kier alpha value is -5.42. The van der Waals surface area contributed by atoms with Crippen molar-refractivity contribution in [2.45, 2.75) is 0 Å². The molecule has 0 aliphatic heterocycles. The predicted octanol–water partition coefficient (Wildman–Crippen LogP) is 13.2.